The van der Waals surface area contributed by atoms with Crippen LogP contribution >= 0.6 is 15.9 Å². The minimum atomic E-state index is -1.00. The number of carbonyl (C=O) groups excluding carboxylic acids is 2. The second kappa shape index (κ2) is 10.0. The molecule has 2 aromatic heterocycles. The number of nitrogens with one attached hydrogen (secondary N) is 2. The van der Waals surface area contributed by atoms with Gasteiger partial charge in [-0.2, -0.15) is 0 Å². The van der Waals surface area contributed by atoms with E-state index in [1.807, 2.05) is 42.6 Å². The van der Waals surface area contributed by atoms with Crippen LogP contribution in [0, 0.1) is 5.21 Å². The Labute approximate surface area is 219 Å². The maximum absolute atomic E-state index is 13.5. The number of fused-ring (bicyclic) bond motifs is 2. The Morgan fingerprint density at radius 3 is 2.57 bits per heavy atom. The molecule has 2 amide bonds. The summed E-state index contributed by atoms with van der Waals surface area (Å²) in [7, 11) is 0. The highest BCUT2D eigenvalue weighted by molar-refractivity contribution is 9.10. The fourth-order valence-corrected chi connectivity index (χ4v) is 4.62. The normalized spacial score (nSPS) is 12.0. The van der Waals surface area contributed by atoms with Crippen LogP contribution in [0.1, 0.15) is 15.9 Å². The molecule has 2 heterocycles. The highest BCUT2D eigenvalue weighted by atomic mass is 79.9. The van der Waals surface area contributed by atoms with Crippen molar-refractivity contribution in [3.8, 4) is 11.3 Å². The van der Waals surface area contributed by atoms with Crippen molar-refractivity contribution in [2.45, 2.75) is 12.5 Å². The molecule has 5 rings (SSSR count). The van der Waals surface area contributed by atoms with Crippen molar-refractivity contribution in [3.63, 3.8) is 0 Å². The smallest absolute Gasteiger partial charge is 0.252 e. The van der Waals surface area contributed by atoms with Gasteiger partial charge in [0.2, 0.25) is 5.91 Å². The first-order chi connectivity index (χ1) is 17.8. The van der Waals surface area contributed by atoms with Crippen molar-refractivity contribution in [2.24, 2.45) is 5.73 Å². The number of hydrogen-bond acceptors (Lipinski definition) is 6. The van der Waals surface area contributed by atoms with Gasteiger partial charge in [-0.15, -0.1) is 0 Å². The van der Waals surface area contributed by atoms with Crippen LogP contribution in [0.5, 0.6) is 0 Å². The summed E-state index contributed by atoms with van der Waals surface area (Å²) in [5.41, 5.74) is 9.66. The number of rotatable bonds is 7. The molecule has 0 bridgehead atoms. The van der Waals surface area contributed by atoms with Crippen LogP contribution in [0.2, 0.25) is 0 Å². The lowest BCUT2D eigenvalue weighted by Gasteiger charge is -2.22. The molecule has 0 spiro atoms. The number of carbonyl (C=O) groups is 2. The van der Waals surface area contributed by atoms with Gasteiger partial charge in [-0.25, -0.2) is 4.98 Å². The van der Waals surface area contributed by atoms with Crippen molar-refractivity contribution < 1.29 is 14.8 Å². The molecule has 3 aromatic carbocycles. The van der Waals surface area contributed by atoms with Crippen molar-refractivity contribution in [1.82, 2.24) is 15.3 Å². The molecule has 0 aliphatic heterocycles. The van der Waals surface area contributed by atoms with Crippen LogP contribution in [0.4, 0.5) is 5.69 Å². The van der Waals surface area contributed by atoms with E-state index in [1.54, 1.807) is 24.3 Å². The van der Waals surface area contributed by atoms with E-state index in [2.05, 4.69) is 26.2 Å². The highest BCUT2D eigenvalue weighted by Gasteiger charge is 2.22. The lowest BCUT2D eigenvalue weighted by Crippen LogP contribution is -2.45. The van der Waals surface area contributed by atoms with Gasteiger partial charge in [0.1, 0.15) is 6.04 Å². The number of aromatic nitrogens is 2. The third-order valence-electron chi connectivity index (χ3n) is 6.13. The number of aromatic amines is 1. The summed E-state index contributed by atoms with van der Waals surface area (Å²) in [5.74, 6) is -1.17. The molecule has 5 N–H and O–H groups in total. The Morgan fingerprint density at radius 1 is 1.08 bits per heavy atom. The molecule has 1 unspecified atom stereocenters. The monoisotopic (exact) mass is 558 g/mol. The fraction of sp³-hybridized carbons (Fsp3) is 0.0741. The van der Waals surface area contributed by atoms with E-state index in [0.29, 0.717) is 27.7 Å². The summed E-state index contributed by atoms with van der Waals surface area (Å²) in [5, 5.41) is 24.1. The quantitative estimate of drug-likeness (QED) is 0.213. The minimum absolute atomic E-state index is 0.0449. The first-order valence-corrected chi connectivity index (χ1v) is 12.1. The number of hydrogen-bond donors (Lipinski definition) is 4. The molecule has 186 valence electrons. The van der Waals surface area contributed by atoms with Crippen molar-refractivity contribution in [3.05, 3.63) is 99.8 Å². The zero-order chi connectivity index (χ0) is 26.1. The Kier molecular flexibility index (Phi) is 6.62. The van der Waals surface area contributed by atoms with E-state index in [-0.39, 0.29) is 17.3 Å². The molecule has 0 saturated heterocycles. The largest absolute Gasteiger partial charge is 0.733 e. The SMILES string of the molecule is NC(=O)C(Cc1ccc(N([O-])O)cc1)NC(=O)c1cc(-c2c[nH]c3ccc(Br)cc23)nc2ccccc12. The van der Waals surface area contributed by atoms with E-state index in [1.165, 1.54) is 12.1 Å². The van der Waals surface area contributed by atoms with E-state index in [4.69, 9.17) is 15.9 Å². The summed E-state index contributed by atoms with van der Waals surface area (Å²) < 4.78 is 0.916. The molecular formula is C27H21BrN5O4-. The lowest BCUT2D eigenvalue weighted by molar-refractivity contribution is -0.119. The molecule has 5 aromatic rings. The predicted molar refractivity (Wildman–Crippen MR) is 145 cm³/mol. The molecule has 0 aliphatic rings. The van der Waals surface area contributed by atoms with E-state index in [0.717, 1.165) is 20.9 Å². The molecule has 9 nitrogen and oxygen atoms in total. The maximum atomic E-state index is 13.5. The number of amides is 2. The third-order valence-corrected chi connectivity index (χ3v) is 6.62. The molecule has 37 heavy (non-hydrogen) atoms. The van der Waals surface area contributed by atoms with Crippen LogP contribution in [0.25, 0.3) is 33.1 Å². The van der Waals surface area contributed by atoms with Crippen LogP contribution in [0.3, 0.4) is 0 Å². The standard InChI is InChI=1S/C27H21BrN5O4/c28-16-7-10-22-19(12-16)21(14-30-22)24-13-20(18-3-1-2-4-23(18)31-24)27(35)32-25(26(29)34)11-15-5-8-17(9-6-15)33(36)37/h1-10,12-14,25,30,36H,11H2,(H2,29,34)(H,32,35)/q-1. The Morgan fingerprint density at radius 2 is 1.84 bits per heavy atom. The Balaban J connectivity index is 1.50. The number of pyridine rings is 1. The average molecular weight is 559 g/mol. The van der Waals surface area contributed by atoms with E-state index in [9.17, 15) is 14.8 Å². The zero-order valence-corrected chi connectivity index (χ0v) is 20.9. The number of H-pyrrole nitrogens is 1. The minimum Gasteiger partial charge on any atom is -0.733 e. The van der Waals surface area contributed by atoms with Gasteiger partial charge >= 0.3 is 0 Å². The molecule has 1 atom stereocenters. The van der Waals surface area contributed by atoms with Crippen molar-refractivity contribution >= 4 is 55.2 Å². The summed E-state index contributed by atoms with van der Waals surface area (Å²) in [6.45, 7) is 0. The van der Waals surface area contributed by atoms with Crippen molar-refractivity contribution in [2.75, 3.05) is 5.23 Å². The van der Waals surface area contributed by atoms with Crippen molar-refractivity contribution in [1.29, 1.82) is 0 Å². The zero-order valence-electron chi connectivity index (χ0n) is 19.3. The average Bonchev–Trinajstić information content (AvgIpc) is 3.30. The molecule has 10 heteroatoms. The van der Waals surface area contributed by atoms with Gasteiger partial charge in [0.25, 0.3) is 5.91 Å². The molecular weight excluding hydrogens is 538 g/mol. The summed E-state index contributed by atoms with van der Waals surface area (Å²) >= 11 is 3.51. The second-order valence-corrected chi connectivity index (χ2v) is 9.45. The van der Waals surface area contributed by atoms with Crippen LogP contribution < -0.4 is 16.3 Å². The fourth-order valence-electron chi connectivity index (χ4n) is 4.26. The number of anilines is 1. The van der Waals surface area contributed by atoms with Gasteiger partial charge in [-0.1, -0.05) is 46.3 Å². The number of nitrogens with zero attached hydrogens (tertiary/aromatic N) is 2. The number of primary amides is 1. The van der Waals surface area contributed by atoms with Gasteiger partial charge < -0.3 is 26.5 Å². The van der Waals surface area contributed by atoms with Crippen LogP contribution in [-0.2, 0) is 11.2 Å². The van der Waals surface area contributed by atoms with Gasteiger partial charge in [0.15, 0.2) is 0 Å². The summed E-state index contributed by atoms with van der Waals surface area (Å²) in [6, 6.07) is 19.8. The topological polar surface area (TPSA) is 147 Å². The number of nitrogens with two attached hydrogens (primary N) is 1. The molecule has 0 fully saturated rings. The van der Waals surface area contributed by atoms with Gasteiger partial charge in [0, 0.05) is 38.9 Å². The summed E-state index contributed by atoms with van der Waals surface area (Å²) in [6.07, 6.45) is 1.96. The number of benzene rings is 3. The third kappa shape index (κ3) is 5.03. The maximum Gasteiger partial charge on any atom is 0.252 e. The van der Waals surface area contributed by atoms with E-state index < -0.39 is 17.9 Å². The number of para-hydroxylation sites is 1. The van der Waals surface area contributed by atoms with Crippen LogP contribution in [-0.4, -0.2) is 33.0 Å². The predicted octanol–water partition coefficient (Wildman–Crippen LogP) is 4.67. The first kappa shape index (κ1) is 24.4. The molecule has 0 saturated carbocycles. The van der Waals surface area contributed by atoms with Gasteiger partial charge in [-0.05, 0) is 48.0 Å². The second-order valence-electron chi connectivity index (χ2n) is 8.54. The molecule has 0 radical (unpaired) electrons. The number of halogens is 1. The molecule has 0 aliphatic carbocycles. The lowest BCUT2D eigenvalue weighted by atomic mass is 10.0. The van der Waals surface area contributed by atoms with Gasteiger partial charge in [-0.3, -0.25) is 14.8 Å². The highest BCUT2D eigenvalue weighted by Crippen LogP contribution is 2.32. The first-order valence-electron chi connectivity index (χ1n) is 11.3. The van der Waals surface area contributed by atoms with Crippen LogP contribution in [0.15, 0.2) is 83.5 Å². The Hall–Kier alpha value is -4.25. The Bertz CT molecular complexity index is 1630. The van der Waals surface area contributed by atoms with E-state index >= 15 is 0 Å². The van der Waals surface area contributed by atoms with Gasteiger partial charge in [0.05, 0.1) is 22.5 Å². The summed E-state index contributed by atoms with van der Waals surface area (Å²) in [4.78, 5) is 33.8.